The van der Waals surface area contributed by atoms with Crippen molar-refractivity contribution in [2.24, 2.45) is 0 Å². The molecule has 2 N–H and O–H groups in total. The molecule has 0 aliphatic carbocycles. The van der Waals surface area contributed by atoms with E-state index in [1.807, 2.05) is 20.8 Å². The van der Waals surface area contributed by atoms with Crippen LogP contribution in [0.15, 0.2) is 6.20 Å². The van der Waals surface area contributed by atoms with Crippen LogP contribution >= 0.6 is 11.6 Å². The minimum Gasteiger partial charge on any atom is -0.480 e. The Morgan fingerprint density at radius 2 is 2.10 bits per heavy atom. The lowest BCUT2D eigenvalue weighted by Crippen LogP contribution is -2.41. The fourth-order valence-corrected chi connectivity index (χ4v) is 1.77. The standard InChI is InChI=1S/C13H18ClN3O3/c1-4-5-9(13(19)20)16-12(18)10-8(14)6-15-11(17-10)7(2)3/h6-7,9H,4-5H2,1-3H3,(H,16,18)(H,19,20)/t9-/m0/s1. The second kappa shape index (κ2) is 7.19. The largest absolute Gasteiger partial charge is 0.480 e. The van der Waals surface area contributed by atoms with Crippen molar-refractivity contribution in [2.45, 2.75) is 45.6 Å². The van der Waals surface area contributed by atoms with Crippen molar-refractivity contribution < 1.29 is 14.7 Å². The van der Waals surface area contributed by atoms with Gasteiger partial charge in [-0.3, -0.25) is 4.79 Å². The summed E-state index contributed by atoms with van der Waals surface area (Å²) in [5, 5.41) is 11.6. The molecule has 0 radical (unpaired) electrons. The van der Waals surface area contributed by atoms with E-state index < -0.39 is 17.9 Å². The second-order valence-electron chi connectivity index (χ2n) is 4.73. The van der Waals surface area contributed by atoms with Crippen LogP contribution in [0.25, 0.3) is 0 Å². The molecule has 1 atom stereocenters. The molecule has 0 aliphatic heterocycles. The third kappa shape index (κ3) is 4.16. The third-order valence-electron chi connectivity index (χ3n) is 2.67. The van der Waals surface area contributed by atoms with E-state index in [1.165, 1.54) is 6.20 Å². The fourth-order valence-electron chi connectivity index (χ4n) is 1.59. The van der Waals surface area contributed by atoms with E-state index in [-0.39, 0.29) is 16.6 Å². The maximum absolute atomic E-state index is 12.1. The summed E-state index contributed by atoms with van der Waals surface area (Å²) in [7, 11) is 0. The normalized spacial score (nSPS) is 12.2. The van der Waals surface area contributed by atoms with Crippen LogP contribution in [0.1, 0.15) is 55.8 Å². The molecule has 0 aromatic carbocycles. The van der Waals surface area contributed by atoms with E-state index in [0.29, 0.717) is 18.7 Å². The van der Waals surface area contributed by atoms with Crippen molar-refractivity contribution in [1.82, 2.24) is 15.3 Å². The number of hydrogen-bond donors (Lipinski definition) is 2. The number of carbonyl (C=O) groups excluding carboxylic acids is 1. The quantitative estimate of drug-likeness (QED) is 0.840. The van der Waals surface area contributed by atoms with Gasteiger partial charge in [-0.25, -0.2) is 14.8 Å². The molecule has 1 rings (SSSR count). The summed E-state index contributed by atoms with van der Waals surface area (Å²) < 4.78 is 0. The summed E-state index contributed by atoms with van der Waals surface area (Å²) in [5.41, 5.74) is 0.00715. The van der Waals surface area contributed by atoms with Gasteiger partial charge in [0.15, 0.2) is 0 Å². The molecule has 0 saturated carbocycles. The molecule has 0 fully saturated rings. The summed E-state index contributed by atoms with van der Waals surface area (Å²) in [6, 6.07) is -0.943. The number of halogens is 1. The van der Waals surface area contributed by atoms with Gasteiger partial charge in [0.2, 0.25) is 0 Å². The minimum atomic E-state index is -1.07. The van der Waals surface area contributed by atoms with Crippen LogP contribution in [0, 0.1) is 0 Å². The molecule has 20 heavy (non-hydrogen) atoms. The zero-order chi connectivity index (χ0) is 15.3. The summed E-state index contributed by atoms with van der Waals surface area (Å²) in [6.45, 7) is 5.63. The predicted octanol–water partition coefficient (Wildman–Crippen LogP) is 2.24. The van der Waals surface area contributed by atoms with Crippen molar-refractivity contribution in [3.05, 3.63) is 22.7 Å². The van der Waals surface area contributed by atoms with Crippen LogP contribution < -0.4 is 5.32 Å². The van der Waals surface area contributed by atoms with Gasteiger partial charge in [0, 0.05) is 5.92 Å². The predicted molar refractivity (Wildman–Crippen MR) is 74.9 cm³/mol. The summed E-state index contributed by atoms with van der Waals surface area (Å²) in [6.07, 6.45) is 2.35. The molecule has 1 heterocycles. The number of nitrogens with zero attached hydrogens (tertiary/aromatic N) is 2. The summed E-state index contributed by atoms with van der Waals surface area (Å²) >= 11 is 5.90. The average Bonchev–Trinajstić information content (AvgIpc) is 2.38. The van der Waals surface area contributed by atoms with Gasteiger partial charge in [-0.2, -0.15) is 0 Å². The second-order valence-corrected chi connectivity index (χ2v) is 5.14. The van der Waals surface area contributed by atoms with Gasteiger partial charge < -0.3 is 10.4 Å². The Balaban J connectivity index is 2.96. The van der Waals surface area contributed by atoms with Gasteiger partial charge >= 0.3 is 5.97 Å². The van der Waals surface area contributed by atoms with Gasteiger partial charge in [0.1, 0.15) is 17.6 Å². The SMILES string of the molecule is CCC[C@H](NC(=O)c1nc(C(C)C)ncc1Cl)C(=O)O. The molecular formula is C13H18ClN3O3. The Labute approximate surface area is 122 Å². The number of carboxylic acids is 1. The zero-order valence-electron chi connectivity index (χ0n) is 11.7. The van der Waals surface area contributed by atoms with Crippen molar-refractivity contribution in [3.63, 3.8) is 0 Å². The monoisotopic (exact) mass is 299 g/mol. The first-order chi connectivity index (χ1) is 9.36. The molecule has 1 aromatic rings. The third-order valence-corrected chi connectivity index (χ3v) is 2.95. The fraction of sp³-hybridized carbons (Fsp3) is 0.538. The van der Waals surface area contributed by atoms with Crippen molar-refractivity contribution in [1.29, 1.82) is 0 Å². The number of nitrogens with one attached hydrogen (secondary N) is 1. The highest BCUT2D eigenvalue weighted by molar-refractivity contribution is 6.33. The summed E-state index contributed by atoms with van der Waals surface area (Å²) in [4.78, 5) is 31.2. The van der Waals surface area contributed by atoms with Gasteiger partial charge in [0.05, 0.1) is 11.2 Å². The lowest BCUT2D eigenvalue weighted by Gasteiger charge is -2.14. The van der Waals surface area contributed by atoms with E-state index in [2.05, 4.69) is 15.3 Å². The molecule has 7 heteroatoms. The van der Waals surface area contributed by atoms with Gasteiger partial charge in [0.25, 0.3) is 5.91 Å². The summed E-state index contributed by atoms with van der Waals surface area (Å²) in [5.74, 6) is -1.14. The molecule has 1 aromatic heterocycles. The van der Waals surface area contributed by atoms with Crippen LogP contribution in [-0.4, -0.2) is 33.0 Å². The van der Waals surface area contributed by atoms with Crippen molar-refractivity contribution >= 4 is 23.5 Å². The molecule has 110 valence electrons. The molecule has 0 aliphatic rings. The van der Waals surface area contributed by atoms with Gasteiger partial charge in [-0.15, -0.1) is 0 Å². The number of rotatable bonds is 6. The molecule has 0 bridgehead atoms. The van der Waals surface area contributed by atoms with Crippen LogP contribution in [0.3, 0.4) is 0 Å². The molecule has 0 unspecified atom stereocenters. The van der Waals surface area contributed by atoms with E-state index in [9.17, 15) is 9.59 Å². The first-order valence-corrected chi connectivity index (χ1v) is 6.80. The maximum Gasteiger partial charge on any atom is 0.326 e. The number of aromatic nitrogens is 2. The van der Waals surface area contributed by atoms with Gasteiger partial charge in [-0.1, -0.05) is 38.8 Å². The number of hydrogen-bond acceptors (Lipinski definition) is 4. The van der Waals surface area contributed by atoms with E-state index in [4.69, 9.17) is 16.7 Å². The van der Waals surface area contributed by atoms with Gasteiger partial charge in [-0.05, 0) is 6.42 Å². The van der Waals surface area contributed by atoms with Crippen molar-refractivity contribution in [3.8, 4) is 0 Å². The molecule has 0 saturated heterocycles. The van der Waals surface area contributed by atoms with Crippen LogP contribution in [-0.2, 0) is 4.79 Å². The topological polar surface area (TPSA) is 92.2 Å². The molecule has 1 amide bonds. The Morgan fingerprint density at radius 1 is 1.45 bits per heavy atom. The zero-order valence-corrected chi connectivity index (χ0v) is 12.4. The highest BCUT2D eigenvalue weighted by atomic mass is 35.5. The Kier molecular flexibility index (Phi) is 5.88. The minimum absolute atomic E-state index is 0.00715. The van der Waals surface area contributed by atoms with Crippen molar-refractivity contribution in [2.75, 3.05) is 0 Å². The first-order valence-electron chi connectivity index (χ1n) is 6.42. The van der Waals surface area contributed by atoms with E-state index in [1.54, 1.807) is 0 Å². The lowest BCUT2D eigenvalue weighted by atomic mass is 10.1. The number of carbonyl (C=O) groups is 2. The average molecular weight is 300 g/mol. The Morgan fingerprint density at radius 3 is 2.60 bits per heavy atom. The maximum atomic E-state index is 12.1. The molecule has 0 spiro atoms. The molecule has 6 nitrogen and oxygen atoms in total. The van der Waals surface area contributed by atoms with Crippen LogP contribution in [0.5, 0.6) is 0 Å². The Hall–Kier alpha value is -1.69. The molecular weight excluding hydrogens is 282 g/mol. The number of carboxylic acid groups (broad SMARTS) is 1. The smallest absolute Gasteiger partial charge is 0.326 e. The first kappa shape index (κ1) is 16.4. The number of aliphatic carboxylic acids is 1. The van der Waals surface area contributed by atoms with E-state index in [0.717, 1.165) is 0 Å². The van der Waals surface area contributed by atoms with Crippen LogP contribution in [0.2, 0.25) is 5.02 Å². The number of amides is 1. The highest BCUT2D eigenvalue weighted by Crippen LogP contribution is 2.16. The van der Waals surface area contributed by atoms with Crippen LogP contribution in [0.4, 0.5) is 0 Å². The Bertz CT molecular complexity index is 506. The lowest BCUT2D eigenvalue weighted by molar-refractivity contribution is -0.139. The highest BCUT2D eigenvalue weighted by Gasteiger charge is 2.22. The van der Waals surface area contributed by atoms with E-state index >= 15 is 0 Å².